The van der Waals surface area contributed by atoms with Gasteiger partial charge in [-0.1, -0.05) is 6.92 Å². The van der Waals surface area contributed by atoms with Crippen molar-refractivity contribution >= 4 is 6.09 Å². The van der Waals surface area contributed by atoms with Gasteiger partial charge in [0.15, 0.2) is 0 Å². The van der Waals surface area contributed by atoms with Crippen LogP contribution < -0.4 is 5.32 Å². The topological polar surface area (TPSA) is 38.3 Å². The lowest BCUT2D eigenvalue weighted by atomic mass is 10.1. The fourth-order valence-electron chi connectivity index (χ4n) is 1.39. The Labute approximate surface area is 86.2 Å². The molecule has 1 unspecified atom stereocenters. The van der Waals surface area contributed by atoms with Crippen LogP contribution in [0.15, 0.2) is 0 Å². The molecule has 0 saturated heterocycles. The van der Waals surface area contributed by atoms with Crippen LogP contribution in [-0.2, 0) is 4.74 Å². The van der Waals surface area contributed by atoms with E-state index in [1.54, 1.807) is 0 Å². The zero-order valence-corrected chi connectivity index (χ0v) is 9.59. The molecule has 0 aliphatic heterocycles. The lowest BCUT2D eigenvalue weighted by Crippen LogP contribution is -2.35. The van der Waals surface area contributed by atoms with Crippen LogP contribution in [0, 0.1) is 11.8 Å². The summed E-state index contributed by atoms with van der Waals surface area (Å²) in [4.78, 5) is 11.3. The number of amides is 1. The van der Waals surface area contributed by atoms with E-state index in [-0.39, 0.29) is 6.09 Å². The molecule has 0 bridgehead atoms. The van der Waals surface area contributed by atoms with Gasteiger partial charge in [0.05, 0.1) is 0 Å². The Hall–Kier alpha value is -0.730. The Balaban J connectivity index is 2.14. The Morgan fingerprint density at radius 1 is 1.50 bits per heavy atom. The fourth-order valence-corrected chi connectivity index (χ4v) is 1.39. The van der Waals surface area contributed by atoms with Crippen molar-refractivity contribution in [2.45, 2.75) is 46.1 Å². The van der Waals surface area contributed by atoms with Crippen molar-refractivity contribution in [3.05, 3.63) is 0 Å². The van der Waals surface area contributed by atoms with Gasteiger partial charge in [-0.3, -0.25) is 0 Å². The summed E-state index contributed by atoms with van der Waals surface area (Å²) in [5.74, 6) is 1.41. The van der Waals surface area contributed by atoms with E-state index in [0.717, 1.165) is 12.5 Å². The van der Waals surface area contributed by atoms with Crippen molar-refractivity contribution < 1.29 is 9.53 Å². The molecule has 0 aromatic carbocycles. The van der Waals surface area contributed by atoms with Crippen LogP contribution in [0.2, 0.25) is 0 Å². The van der Waals surface area contributed by atoms with Crippen molar-refractivity contribution in [3.8, 4) is 0 Å². The van der Waals surface area contributed by atoms with Crippen LogP contribution in [0.4, 0.5) is 4.79 Å². The number of rotatable bonds is 3. The molecule has 1 atom stereocenters. The molecule has 1 aliphatic carbocycles. The molecule has 1 fully saturated rings. The molecular weight excluding hydrogens is 178 g/mol. The van der Waals surface area contributed by atoms with Gasteiger partial charge in [-0.2, -0.15) is 0 Å². The zero-order valence-electron chi connectivity index (χ0n) is 9.59. The Bertz CT molecular complexity index is 204. The first-order chi connectivity index (χ1) is 6.38. The molecule has 1 aliphatic rings. The van der Waals surface area contributed by atoms with E-state index in [4.69, 9.17) is 4.74 Å². The molecule has 3 heteroatoms. The maximum absolute atomic E-state index is 11.3. The Kier molecular flexibility index (Phi) is 3.40. The van der Waals surface area contributed by atoms with Crippen LogP contribution >= 0.6 is 0 Å². The maximum atomic E-state index is 11.3. The minimum Gasteiger partial charge on any atom is -0.444 e. The fraction of sp³-hybridized carbons (Fsp3) is 0.909. The molecule has 0 aromatic heterocycles. The smallest absolute Gasteiger partial charge is 0.407 e. The normalized spacial score (nSPS) is 18.9. The molecule has 14 heavy (non-hydrogen) atoms. The van der Waals surface area contributed by atoms with E-state index >= 15 is 0 Å². The highest BCUT2D eigenvalue weighted by Gasteiger charge is 2.28. The molecule has 3 nitrogen and oxygen atoms in total. The summed E-state index contributed by atoms with van der Waals surface area (Å²) in [7, 11) is 0. The van der Waals surface area contributed by atoms with Gasteiger partial charge >= 0.3 is 6.09 Å². The first-order valence-electron chi connectivity index (χ1n) is 5.35. The lowest BCUT2D eigenvalue weighted by Gasteiger charge is -2.20. The molecular formula is C11H21NO2. The summed E-state index contributed by atoms with van der Waals surface area (Å²) < 4.78 is 5.14. The van der Waals surface area contributed by atoms with Gasteiger partial charge in [-0.25, -0.2) is 4.79 Å². The third kappa shape index (κ3) is 4.49. The quantitative estimate of drug-likeness (QED) is 0.758. The van der Waals surface area contributed by atoms with Crippen molar-refractivity contribution in [3.63, 3.8) is 0 Å². The summed E-state index contributed by atoms with van der Waals surface area (Å²) in [5, 5.41) is 2.80. The summed E-state index contributed by atoms with van der Waals surface area (Å²) >= 11 is 0. The van der Waals surface area contributed by atoms with Crippen molar-refractivity contribution in [2.75, 3.05) is 6.54 Å². The molecule has 0 aromatic rings. The van der Waals surface area contributed by atoms with Gasteiger partial charge in [-0.05, 0) is 45.4 Å². The number of alkyl carbamates (subject to hydrolysis) is 1. The first kappa shape index (κ1) is 11.3. The number of hydrogen-bond acceptors (Lipinski definition) is 2. The largest absolute Gasteiger partial charge is 0.444 e. The molecule has 1 amide bonds. The number of ether oxygens (including phenoxy) is 1. The van der Waals surface area contributed by atoms with Crippen LogP contribution in [0.5, 0.6) is 0 Å². The van der Waals surface area contributed by atoms with Crippen molar-refractivity contribution in [2.24, 2.45) is 11.8 Å². The van der Waals surface area contributed by atoms with Crippen LogP contribution in [0.25, 0.3) is 0 Å². The lowest BCUT2D eigenvalue weighted by molar-refractivity contribution is 0.0519. The van der Waals surface area contributed by atoms with Gasteiger partial charge in [0.1, 0.15) is 5.60 Å². The van der Waals surface area contributed by atoms with Gasteiger partial charge < -0.3 is 10.1 Å². The predicted octanol–water partition coefficient (Wildman–Crippen LogP) is 2.56. The number of carbonyl (C=O) groups is 1. The van der Waals surface area contributed by atoms with E-state index in [1.165, 1.54) is 12.8 Å². The highest BCUT2D eigenvalue weighted by Crippen LogP contribution is 2.36. The molecule has 0 radical (unpaired) electrons. The van der Waals surface area contributed by atoms with Gasteiger partial charge in [-0.15, -0.1) is 0 Å². The molecule has 1 rings (SSSR count). The Morgan fingerprint density at radius 3 is 2.50 bits per heavy atom. The van der Waals surface area contributed by atoms with E-state index in [0.29, 0.717) is 5.92 Å². The molecule has 0 heterocycles. The van der Waals surface area contributed by atoms with E-state index in [9.17, 15) is 4.79 Å². The van der Waals surface area contributed by atoms with E-state index < -0.39 is 5.60 Å². The molecule has 1 N–H and O–H groups in total. The second-order valence-electron chi connectivity index (χ2n) is 5.20. The monoisotopic (exact) mass is 199 g/mol. The summed E-state index contributed by atoms with van der Waals surface area (Å²) in [6.45, 7) is 8.53. The SMILES string of the molecule is CC(CNC(=O)OC(C)(C)C)C1CC1. The minimum atomic E-state index is -0.396. The second kappa shape index (κ2) is 4.20. The van der Waals surface area contributed by atoms with Crippen LogP contribution in [-0.4, -0.2) is 18.2 Å². The average Bonchev–Trinajstić information content (AvgIpc) is 2.78. The average molecular weight is 199 g/mol. The first-order valence-corrected chi connectivity index (χ1v) is 5.35. The molecule has 82 valence electrons. The second-order valence-corrected chi connectivity index (χ2v) is 5.20. The van der Waals surface area contributed by atoms with Gasteiger partial charge in [0, 0.05) is 6.54 Å². The van der Waals surface area contributed by atoms with Gasteiger partial charge in [0.25, 0.3) is 0 Å². The van der Waals surface area contributed by atoms with Crippen molar-refractivity contribution in [1.29, 1.82) is 0 Å². The van der Waals surface area contributed by atoms with Crippen LogP contribution in [0.1, 0.15) is 40.5 Å². The number of nitrogens with one attached hydrogen (secondary N) is 1. The Morgan fingerprint density at radius 2 is 2.07 bits per heavy atom. The summed E-state index contributed by atoms with van der Waals surface area (Å²) in [6.07, 6.45) is 2.33. The third-order valence-corrected chi connectivity index (χ3v) is 2.39. The van der Waals surface area contributed by atoms with Crippen LogP contribution in [0.3, 0.4) is 0 Å². The zero-order chi connectivity index (χ0) is 10.8. The predicted molar refractivity (Wildman–Crippen MR) is 56.1 cm³/mol. The van der Waals surface area contributed by atoms with E-state index in [1.807, 2.05) is 20.8 Å². The van der Waals surface area contributed by atoms with E-state index in [2.05, 4.69) is 12.2 Å². The highest BCUT2D eigenvalue weighted by molar-refractivity contribution is 5.67. The highest BCUT2D eigenvalue weighted by atomic mass is 16.6. The third-order valence-electron chi connectivity index (χ3n) is 2.39. The number of hydrogen-bond donors (Lipinski definition) is 1. The maximum Gasteiger partial charge on any atom is 0.407 e. The van der Waals surface area contributed by atoms with Crippen molar-refractivity contribution in [1.82, 2.24) is 5.32 Å². The van der Waals surface area contributed by atoms with Gasteiger partial charge in [0.2, 0.25) is 0 Å². The molecule has 0 spiro atoms. The summed E-state index contributed by atoms with van der Waals surface area (Å²) in [5.41, 5.74) is -0.396. The standard InChI is InChI=1S/C11H21NO2/c1-8(9-5-6-9)7-12-10(13)14-11(2,3)4/h8-9H,5-7H2,1-4H3,(H,12,13). The minimum absolute atomic E-state index is 0.301. The number of carbonyl (C=O) groups excluding carboxylic acids is 1. The molecule has 1 saturated carbocycles. The summed E-state index contributed by atoms with van der Waals surface area (Å²) in [6, 6.07) is 0.